The van der Waals surface area contributed by atoms with Gasteiger partial charge in [0.25, 0.3) is 5.91 Å². The lowest BCUT2D eigenvalue weighted by Gasteiger charge is -2.40. The minimum absolute atomic E-state index is 0.184. The van der Waals surface area contributed by atoms with E-state index in [2.05, 4.69) is 4.98 Å². The van der Waals surface area contributed by atoms with Crippen LogP contribution >= 0.6 is 10.6 Å². The molecule has 2 heterocycles. The second kappa shape index (κ2) is 7.24. The lowest BCUT2D eigenvalue weighted by molar-refractivity contribution is 0.100. The highest BCUT2D eigenvalue weighted by Gasteiger charge is 2.26. The van der Waals surface area contributed by atoms with Gasteiger partial charge in [0.15, 0.2) is 0 Å². The molecule has 5 N–H and O–H groups in total. The monoisotopic (exact) mass is 402 g/mol. The van der Waals surface area contributed by atoms with Gasteiger partial charge in [0.05, 0.1) is 11.1 Å². The van der Waals surface area contributed by atoms with E-state index in [9.17, 15) is 18.3 Å². The van der Waals surface area contributed by atoms with Crippen LogP contribution in [0.3, 0.4) is 0 Å². The molecule has 1 unspecified atom stereocenters. The third-order valence-corrected chi connectivity index (χ3v) is 7.36. The van der Waals surface area contributed by atoms with Crippen LogP contribution in [0.5, 0.6) is 0 Å². The predicted molar refractivity (Wildman–Crippen MR) is 111 cm³/mol. The zero-order valence-corrected chi connectivity index (χ0v) is 16.1. The van der Waals surface area contributed by atoms with Gasteiger partial charge in [-0.05, 0) is 66.1 Å². The second-order valence-corrected chi connectivity index (χ2v) is 9.86. The fourth-order valence-electron chi connectivity index (χ4n) is 4.08. The lowest BCUT2D eigenvalue weighted by atomic mass is 9.93. The Morgan fingerprint density at radius 2 is 1.96 bits per heavy atom. The van der Waals surface area contributed by atoms with Gasteiger partial charge in [0.2, 0.25) is 0 Å². The fraction of sp³-hybridized carbons (Fsp3) is 0.286. The van der Waals surface area contributed by atoms with Gasteiger partial charge in [0, 0.05) is 23.1 Å². The van der Waals surface area contributed by atoms with E-state index in [4.69, 9.17) is 5.73 Å². The minimum Gasteiger partial charge on any atom is -0.366 e. The van der Waals surface area contributed by atoms with E-state index in [1.165, 1.54) is 12.1 Å². The van der Waals surface area contributed by atoms with Crippen molar-refractivity contribution in [1.29, 1.82) is 0 Å². The van der Waals surface area contributed by atoms with E-state index in [1.807, 2.05) is 12.3 Å². The molecule has 0 aliphatic carbocycles. The summed E-state index contributed by atoms with van der Waals surface area (Å²) in [6, 6.07) is 9.80. The van der Waals surface area contributed by atoms with Gasteiger partial charge in [-0.2, -0.15) is 10.6 Å². The number of rotatable bonds is 4. The highest BCUT2D eigenvalue weighted by Crippen LogP contribution is 2.47. The fourth-order valence-corrected chi connectivity index (χ4v) is 5.91. The Bertz CT molecular complexity index is 1030. The van der Waals surface area contributed by atoms with E-state index < -0.39 is 16.5 Å². The quantitative estimate of drug-likeness (QED) is 0.505. The van der Waals surface area contributed by atoms with Crippen LogP contribution in [0.2, 0.25) is 0 Å². The molecule has 1 aliphatic rings. The van der Waals surface area contributed by atoms with Crippen molar-refractivity contribution in [2.75, 3.05) is 11.5 Å². The number of carbonyl (C=O) groups is 1. The molecule has 1 fully saturated rings. The Morgan fingerprint density at radius 1 is 1.21 bits per heavy atom. The normalized spacial score (nSPS) is 20.2. The van der Waals surface area contributed by atoms with Crippen LogP contribution in [0, 0.1) is 11.7 Å². The number of fused-ring (bicyclic) bond motifs is 1. The molecule has 7 heteroatoms. The third-order valence-electron chi connectivity index (χ3n) is 5.41. The van der Waals surface area contributed by atoms with E-state index in [-0.39, 0.29) is 11.7 Å². The molecule has 5 nitrogen and oxygen atoms in total. The van der Waals surface area contributed by atoms with Crippen LogP contribution in [0.1, 0.15) is 28.8 Å². The van der Waals surface area contributed by atoms with Gasteiger partial charge in [-0.15, -0.1) is 0 Å². The van der Waals surface area contributed by atoms with Crippen LogP contribution in [-0.2, 0) is 6.42 Å². The number of hydrogen-bond donors (Lipinski definition) is 4. The maximum atomic E-state index is 13.3. The van der Waals surface area contributed by atoms with Gasteiger partial charge < -0.3 is 10.7 Å². The van der Waals surface area contributed by atoms with Gasteiger partial charge in [-0.25, -0.2) is 4.39 Å². The molecule has 2 aromatic carbocycles. The number of H-pyrrole nitrogens is 1. The summed E-state index contributed by atoms with van der Waals surface area (Å²) in [6.07, 6.45) is 4.32. The molecule has 1 atom stereocenters. The molecule has 0 bridgehead atoms. The number of halogens is 1. The Kier molecular flexibility index (Phi) is 4.91. The van der Waals surface area contributed by atoms with Crippen molar-refractivity contribution < 1.29 is 18.3 Å². The largest absolute Gasteiger partial charge is 0.366 e. The van der Waals surface area contributed by atoms with Gasteiger partial charge >= 0.3 is 0 Å². The van der Waals surface area contributed by atoms with Crippen molar-refractivity contribution >= 4 is 27.4 Å². The number of aromatic nitrogens is 1. The maximum Gasteiger partial charge on any atom is 0.250 e. The lowest BCUT2D eigenvalue weighted by Crippen LogP contribution is -2.23. The van der Waals surface area contributed by atoms with Crippen molar-refractivity contribution in [3.8, 4) is 11.1 Å². The average Bonchev–Trinajstić information content (AvgIpc) is 3.03. The number of nitrogens with one attached hydrogen (secondary N) is 1. The third kappa shape index (κ3) is 3.78. The number of carbonyl (C=O) groups excluding carboxylic acids is 1. The Labute approximate surface area is 164 Å². The summed E-state index contributed by atoms with van der Waals surface area (Å²) in [4.78, 5) is 15.2. The molecule has 1 amide bonds. The summed E-state index contributed by atoms with van der Waals surface area (Å²) in [5, 5.41) is 0.887. The molecule has 0 saturated carbocycles. The first kappa shape index (κ1) is 19.0. The van der Waals surface area contributed by atoms with E-state index in [0.29, 0.717) is 29.0 Å². The van der Waals surface area contributed by atoms with Crippen molar-refractivity contribution in [2.24, 2.45) is 11.7 Å². The highest BCUT2D eigenvalue weighted by molar-refractivity contribution is 8.24. The van der Waals surface area contributed by atoms with Gasteiger partial charge in [-0.3, -0.25) is 13.9 Å². The van der Waals surface area contributed by atoms with Gasteiger partial charge in [0.1, 0.15) is 5.82 Å². The molecular weight excluding hydrogens is 379 g/mol. The number of primary amides is 1. The molecule has 28 heavy (non-hydrogen) atoms. The van der Waals surface area contributed by atoms with Crippen molar-refractivity contribution in [3.05, 3.63) is 59.5 Å². The summed E-state index contributed by atoms with van der Waals surface area (Å²) in [5.41, 5.74) is 9.26. The Hall–Kier alpha value is -2.35. The topological polar surface area (TPSA) is 99.3 Å². The molecule has 1 aliphatic heterocycles. The number of hydrogen-bond acceptors (Lipinski definition) is 3. The first-order chi connectivity index (χ1) is 13.3. The summed E-state index contributed by atoms with van der Waals surface area (Å²) in [7, 11) is -2.49. The SMILES string of the molecule is NC(=O)c1cc(-c2ccc(F)cc2)cc2c(CC3CCCS(O)(O)C3)c[nH]c12. The zero-order chi connectivity index (χ0) is 19.9. The van der Waals surface area contributed by atoms with Crippen LogP contribution in [-0.4, -0.2) is 31.5 Å². The first-order valence-corrected chi connectivity index (χ1v) is 11.1. The molecular formula is C21H23FN2O3S. The first-order valence-electron chi connectivity index (χ1n) is 9.26. The molecule has 1 aromatic heterocycles. The Balaban J connectivity index is 1.76. The smallest absolute Gasteiger partial charge is 0.250 e. The van der Waals surface area contributed by atoms with Crippen molar-refractivity contribution in [3.63, 3.8) is 0 Å². The number of amides is 1. The predicted octanol–water partition coefficient (Wildman–Crippen LogP) is 4.78. The Morgan fingerprint density at radius 3 is 2.64 bits per heavy atom. The molecule has 0 radical (unpaired) electrons. The van der Waals surface area contributed by atoms with Crippen molar-refractivity contribution in [1.82, 2.24) is 4.98 Å². The summed E-state index contributed by atoms with van der Waals surface area (Å²) < 4.78 is 33.4. The van der Waals surface area contributed by atoms with E-state index >= 15 is 0 Å². The number of nitrogens with two attached hydrogens (primary N) is 1. The maximum absolute atomic E-state index is 13.3. The second-order valence-electron chi connectivity index (χ2n) is 7.52. The summed E-state index contributed by atoms with van der Waals surface area (Å²) >= 11 is 0. The summed E-state index contributed by atoms with van der Waals surface area (Å²) in [5.74, 6) is 0.231. The number of aromatic amines is 1. The standard InChI is InChI=1S/C21H23FN2O3S/c22-17-5-3-14(4-6-17)15-9-18-16(8-13-2-1-7-28(26,27)12-13)11-24-20(18)19(10-15)21(23)25/h3-6,9-11,13,24,26-27H,1-2,7-8,12H2,(H2,23,25). The van der Waals surface area contributed by atoms with Crippen LogP contribution in [0.15, 0.2) is 42.6 Å². The average molecular weight is 402 g/mol. The number of benzene rings is 2. The minimum atomic E-state index is -2.49. The molecule has 1 saturated heterocycles. The van der Waals surface area contributed by atoms with Crippen molar-refractivity contribution in [2.45, 2.75) is 19.3 Å². The summed E-state index contributed by atoms with van der Waals surface area (Å²) in [6.45, 7) is 0. The zero-order valence-electron chi connectivity index (χ0n) is 15.3. The molecule has 4 rings (SSSR count). The van der Waals surface area contributed by atoms with Crippen LogP contribution in [0.25, 0.3) is 22.0 Å². The molecule has 148 valence electrons. The van der Waals surface area contributed by atoms with Crippen LogP contribution < -0.4 is 5.73 Å². The van der Waals surface area contributed by atoms with E-state index in [1.54, 1.807) is 18.2 Å². The highest BCUT2D eigenvalue weighted by atomic mass is 32.3. The van der Waals surface area contributed by atoms with Crippen LogP contribution in [0.4, 0.5) is 4.39 Å². The van der Waals surface area contributed by atoms with Gasteiger partial charge in [-0.1, -0.05) is 12.1 Å². The molecule has 0 spiro atoms. The molecule has 3 aromatic rings. The van der Waals surface area contributed by atoms with E-state index in [0.717, 1.165) is 34.9 Å².